The van der Waals surface area contributed by atoms with Gasteiger partial charge >= 0.3 is 0 Å². The molecule has 2 rings (SSSR count). The molecule has 1 fully saturated rings. The second kappa shape index (κ2) is 5.84. The number of carbonyl (C=O) groups is 1. The standard InChI is InChI=1S/C13H17FN2O3S2/c1-8-5-9(15)6-10(12(8)14)13(17)16-3-4-20-7-11(16)21(2,18)19/h5-6,11H,3-4,7,15H2,1-2H3. The molecule has 0 bridgehead atoms. The van der Waals surface area contributed by atoms with Crippen LogP contribution in [0.25, 0.3) is 0 Å². The van der Waals surface area contributed by atoms with E-state index >= 15 is 0 Å². The molecule has 1 aromatic carbocycles. The number of sulfone groups is 1. The first-order valence-electron chi connectivity index (χ1n) is 6.35. The summed E-state index contributed by atoms with van der Waals surface area (Å²) in [5, 5.41) is -0.926. The number of benzene rings is 1. The minimum Gasteiger partial charge on any atom is -0.399 e. The third-order valence-electron chi connectivity index (χ3n) is 3.35. The fourth-order valence-corrected chi connectivity index (χ4v) is 5.09. The second-order valence-electron chi connectivity index (χ2n) is 5.06. The normalized spacial score (nSPS) is 19.6. The van der Waals surface area contributed by atoms with Gasteiger partial charge in [0.1, 0.15) is 11.2 Å². The van der Waals surface area contributed by atoms with Gasteiger partial charge in [0, 0.05) is 30.0 Å². The Labute approximate surface area is 127 Å². The summed E-state index contributed by atoms with van der Waals surface area (Å²) in [5.41, 5.74) is 6.03. The van der Waals surface area contributed by atoms with E-state index in [0.29, 0.717) is 11.5 Å². The van der Waals surface area contributed by atoms with E-state index < -0.39 is 26.9 Å². The van der Waals surface area contributed by atoms with Crippen molar-refractivity contribution < 1.29 is 17.6 Å². The molecule has 2 N–H and O–H groups in total. The van der Waals surface area contributed by atoms with Crippen molar-refractivity contribution in [2.24, 2.45) is 0 Å². The van der Waals surface area contributed by atoms with Crippen molar-refractivity contribution in [1.82, 2.24) is 4.90 Å². The van der Waals surface area contributed by atoms with Crippen molar-refractivity contribution in [2.45, 2.75) is 12.3 Å². The molecule has 21 heavy (non-hydrogen) atoms. The Morgan fingerprint density at radius 3 is 2.76 bits per heavy atom. The van der Waals surface area contributed by atoms with Gasteiger partial charge in [-0.25, -0.2) is 12.8 Å². The first-order chi connectivity index (χ1) is 9.71. The minimum absolute atomic E-state index is 0.173. The largest absolute Gasteiger partial charge is 0.399 e. The zero-order valence-electron chi connectivity index (χ0n) is 11.8. The van der Waals surface area contributed by atoms with E-state index in [1.165, 1.54) is 35.7 Å². The van der Waals surface area contributed by atoms with Gasteiger partial charge in [-0.05, 0) is 24.6 Å². The molecule has 0 aromatic heterocycles. The predicted octanol–water partition coefficient (Wildman–Crippen LogP) is 1.28. The maximum atomic E-state index is 14.2. The lowest BCUT2D eigenvalue weighted by molar-refractivity contribution is 0.0745. The predicted molar refractivity (Wildman–Crippen MR) is 82.5 cm³/mol. The highest BCUT2D eigenvalue weighted by molar-refractivity contribution is 8.00. The Bertz CT molecular complexity index is 676. The van der Waals surface area contributed by atoms with Gasteiger partial charge in [-0.2, -0.15) is 11.8 Å². The topological polar surface area (TPSA) is 80.5 Å². The van der Waals surface area contributed by atoms with Crippen LogP contribution in [0.15, 0.2) is 12.1 Å². The van der Waals surface area contributed by atoms with Crippen LogP contribution in [0.3, 0.4) is 0 Å². The molecule has 0 spiro atoms. The number of nitrogen functional groups attached to an aromatic ring is 1. The van der Waals surface area contributed by atoms with Crippen molar-refractivity contribution in [3.05, 3.63) is 29.1 Å². The third kappa shape index (κ3) is 3.32. The molecule has 1 amide bonds. The fourth-order valence-electron chi connectivity index (χ4n) is 2.28. The zero-order valence-corrected chi connectivity index (χ0v) is 13.4. The number of halogens is 1. The number of nitrogens with zero attached hydrogens (tertiary/aromatic N) is 1. The van der Waals surface area contributed by atoms with Crippen molar-refractivity contribution in [3.63, 3.8) is 0 Å². The number of amides is 1. The molecular formula is C13H17FN2O3S2. The van der Waals surface area contributed by atoms with Crippen LogP contribution in [0.2, 0.25) is 0 Å². The number of anilines is 1. The van der Waals surface area contributed by atoms with Gasteiger partial charge in [0.2, 0.25) is 0 Å². The average Bonchev–Trinajstić information content (AvgIpc) is 2.41. The van der Waals surface area contributed by atoms with E-state index in [1.807, 2.05) is 0 Å². The average molecular weight is 332 g/mol. The number of hydrogen-bond acceptors (Lipinski definition) is 5. The van der Waals surface area contributed by atoms with Crippen LogP contribution in [-0.2, 0) is 9.84 Å². The zero-order chi connectivity index (χ0) is 15.8. The molecule has 8 heteroatoms. The van der Waals surface area contributed by atoms with Crippen molar-refractivity contribution in [2.75, 3.05) is 30.0 Å². The van der Waals surface area contributed by atoms with Crippen LogP contribution >= 0.6 is 11.8 Å². The molecular weight excluding hydrogens is 315 g/mol. The van der Waals surface area contributed by atoms with Gasteiger partial charge in [0.25, 0.3) is 5.91 Å². The highest BCUT2D eigenvalue weighted by atomic mass is 32.2. The van der Waals surface area contributed by atoms with E-state index in [0.717, 1.165) is 6.26 Å². The first-order valence-corrected chi connectivity index (χ1v) is 9.46. The fraction of sp³-hybridized carbons (Fsp3) is 0.462. The monoisotopic (exact) mass is 332 g/mol. The lowest BCUT2D eigenvalue weighted by atomic mass is 10.1. The van der Waals surface area contributed by atoms with Crippen LogP contribution in [0.5, 0.6) is 0 Å². The highest BCUT2D eigenvalue weighted by Crippen LogP contribution is 2.25. The SMILES string of the molecule is Cc1cc(N)cc(C(=O)N2CCSCC2S(C)(=O)=O)c1F. The second-order valence-corrected chi connectivity index (χ2v) is 8.41. The summed E-state index contributed by atoms with van der Waals surface area (Å²) in [6.45, 7) is 1.79. The number of rotatable bonds is 2. The number of carbonyl (C=O) groups excluding carboxylic acids is 1. The molecule has 1 aliphatic rings. The van der Waals surface area contributed by atoms with Gasteiger partial charge in [0.15, 0.2) is 9.84 Å². The lowest BCUT2D eigenvalue weighted by Gasteiger charge is -2.34. The summed E-state index contributed by atoms with van der Waals surface area (Å²) < 4.78 is 37.8. The molecule has 1 aliphatic heterocycles. The van der Waals surface area contributed by atoms with E-state index in [-0.39, 0.29) is 23.4 Å². The van der Waals surface area contributed by atoms with E-state index in [9.17, 15) is 17.6 Å². The smallest absolute Gasteiger partial charge is 0.258 e. The summed E-state index contributed by atoms with van der Waals surface area (Å²) >= 11 is 1.47. The summed E-state index contributed by atoms with van der Waals surface area (Å²) in [6.07, 6.45) is 1.09. The van der Waals surface area contributed by atoms with Gasteiger partial charge in [-0.3, -0.25) is 4.79 Å². The number of aryl methyl sites for hydroxylation is 1. The lowest BCUT2D eigenvalue weighted by Crippen LogP contribution is -2.50. The Kier molecular flexibility index (Phi) is 4.48. The van der Waals surface area contributed by atoms with Crippen LogP contribution in [-0.4, -0.2) is 48.9 Å². The van der Waals surface area contributed by atoms with Crippen LogP contribution < -0.4 is 5.73 Å². The molecule has 1 unspecified atom stereocenters. The third-order valence-corrected chi connectivity index (χ3v) is 5.99. The number of nitrogens with two attached hydrogens (primary N) is 1. The molecule has 0 radical (unpaired) electrons. The molecule has 0 saturated carbocycles. The van der Waals surface area contributed by atoms with Crippen LogP contribution in [0.1, 0.15) is 15.9 Å². The molecule has 116 valence electrons. The summed E-state index contributed by atoms with van der Waals surface area (Å²) in [6, 6.07) is 2.69. The maximum absolute atomic E-state index is 14.2. The van der Waals surface area contributed by atoms with Crippen molar-refractivity contribution in [1.29, 1.82) is 0 Å². The molecule has 1 aromatic rings. The number of hydrogen-bond donors (Lipinski definition) is 1. The minimum atomic E-state index is -3.43. The first kappa shape index (κ1) is 16.1. The van der Waals surface area contributed by atoms with Gasteiger partial charge < -0.3 is 10.6 Å². The summed E-state index contributed by atoms with van der Waals surface area (Å²) in [5.74, 6) is -0.355. The van der Waals surface area contributed by atoms with Crippen molar-refractivity contribution >= 4 is 33.2 Å². The Morgan fingerprint density at radius 2 is 2.14 bits per heavy atom. The molecule has 1 saturated heterocycles. The Hall–Kier alpha value is -1.28. The Morgan fingerprint density at radius 1 is 1.48 bits per heavy atom. The maximum Gasteiger partial charge on any atom is 0.258 e. The van der Waals surface area contributed by atoms with E-state index in [1.54, 1.807) is 0 Å². The summed E-state index contributed by atoms with van der Waals surface area (Å²) in [4.78, 5) is 13.8. The molecule has 1 heterocycles. The Balaban J connectivity index is 2.43. The summed E-state index contributed by atoms with van der Waals surface area (Å²) in [7, 11) is -3.43. The highest BCUT2D eigenvalue weighted by Gasteiger charge is 2.35. The molecule has 5 nitrogen and oxygen atoms in total. The van der Waals surface area contributed by atoms with Crippen LogP contribution in [0.4, 0.5) is 10.1 Å². The van der Waals surface area contributed by atoms with Crippen molar-refractivity contribution in [3.8, 4) is 0 Å². The van der Waals surface area contributed by atoms with Gasteiger partial charge in [-0.1, -0.05) is 0 Å². The molecule has 1 atom stereocenters. The molecule has 0 aliphatic carbocycles. The van der Waals surface area contributed by atoms with E-state index in [2.05, 4.69) is 0 Å². The van der Waals surface area contributed by atoms with Gasteiger partial charge in [0.05, 0.1) is 5.56 Å². The number of thioether (sulfide) groups is 1. The van der Waals surface area contributed by atoms with Crippen LogP contribution in [0, 0.1) is 12.7 Å². The quantitative estimate of drug-likeness (QED) is 0.825. The van der Waals surface area contributed by atoms with E-state index in [4.69, 9.17) is 5.73 Å². The van der Waals surface area contributed by atoms with Gasteiger partial charge in [-0.15, -0.1) is 0 Å².